The molecule has 0 fully saturated rings. The first kappa shape index (κ1) is 11.7. The molecule has 0 aliphatic rings. The van der Waals surface area contributed by atoms with Crippen LogP contribution in [0.5, 0.6) is 0 Å². The van der Waals surface area contributed by atoms with Crippen molar-refractivity contribution in [2.75, 3.05) is 0 Å². The number of aromatic amines is 1. The van der Waals surface area contributed by atoms with Crippen LogP contribution in [0.1, 0.15) is 10.5 Å². The summed E-state index contributed by atoms with van der Waals surface area (Å²) in [5.41, 5.74) is 0.658. The van der Waals surface area contributed by atoms with Crippen molar-refractivity contribution in [3.63, 3.8) is 0 Å². The van der Waals surface area contributed by atoms with Gasteiger partial charge in [-0.25, -0.2) is 14.8 Å². The van der Waals surface area contributed by atoms with Gasteiger partial charge < -0.3 is 5.11 Å². The van der Waals surface area contributed by atoms with Crippen LogP contribution < -0.4 is 0 Å². The summed E-state index contributed by atoms with van der Waals surface area (Å²) in [4.78, 5) is 20.0. The van der Waals surface area contributed by atoms with E-state index in [-0.39, 0.29) is 5.69 Å². The van der Waals surface area contributed by atoms with E-state index in [4.69, 9.17) is 5.11 Å². The third-order valence-corrected chi connectivity index (χ3v) is 3.44. The minimum atomic E-state index is -1.05. The molecule has 2 heterocycles. The summed E-state index contributed by atoms with van der Waals surface area (Å²) in [6, 6.07) is 8.93. The van der Waals surface area contributed by atoms with E-state index in [9.17, 15) is 4.79 Å². The number of carboxylic acids is 1. The molecule has 94 valence electrons. The number of nitrogens with one attached hydrogen (secondary N) is 1. The summed E-state index contributed by atoms with van der Waals surface area (Å²) in [7, 11) is 0. The summed E-state index contributed by atoms with van der Waals surface area (Å²) in [6.45, 7) is 0. The zero-order chi connectivity index (χ0) is 13.2. The first-order valence-electron chi connectivity index (χ1n) is 5.40. The molecule has 2 aromatic heterocycles. The first-order valence-corrected chi connectivity index (χ1v) is 6.22. The van der Waals surface area contributed by atoms with Gasteiger partial charge in [0.25, 0.3) is 0 Å². The molecule has 0 aliphatic heterocycles. The van der Waals surface area contributed by atoms with E-state index in [0.717, 1.165) is 10.3 Å². The Morgan fingerprint density at radius 3 is 2.89 bits per heavy atom. The van der Waals surface area contributed by atoms with Crippen molar-refractivity contribution < 1.29 is 9.90 Å². The smallest absolute Gasteiger partial charge is 0.354 e. The molecule has 0 bridgehead atoms. The Morgan fingerprint density at radius 2 is 2.16 bits per heavy atom. The highest BCUT2D eigenvalue weighted by Gasteiger charge is 2.12. The molecular formula is C12H8N4O2S. The number of H-pyrrole nitrogens is 1. The van der Waals surface area contributed by atoms with E-state index in [1.165, 1.54) is 24.2 Å². The minimum Gasteiger partial charge on any atom is -0.477 e. The zero-order valence-electron chi connectivity index (χ0n) is 9.57. The molecule has 6 nitrogen and oxygen atoms in total. The Morgan fingerprint density at radius 1 is 1.32 bits per heavy atom. The van der Waals surface area contributed by atoms with Gasteiger partial charge in [-0.15, -0.1) is 0 Å². The number of hydrogen-bond acceptors (Lipinski definition) is 5. The number of benzene rings is 1. The zero-order valence-corrected chi connectivity index (χ0v) is 10.4. The summed E-state index contributed by atoms with van der Waals surface area (Å²) < 4.78 is 0. The first-order chi connectivity index (χ1) is 9.24. The Hall–Kier alpha value is -2.41. The topological polar surface area (TPSA) is 91.8 Å². The summed E-state index contributed by atoms with van der Waals surface area (Å²) in [5.74, 6) is -1.05. The fourth-order valence-corrected chi connectivity index (χ4v) is 2.54. The third-order valence-electron chi connectivity index (χ3n) is 2.50. The van der Waals surface area contributed by atoms with E-state index >= 15 is 0 Å². The summed E-state index contributed by atoms with van der Waals surface area (Å²) in [5, 5.41) is 17.1. The fraction of sp³-hybridized carbons (Fsp3) is 0. The molecule has 19 heavy (non-hydrogen) atoms. The second-order valence-electron chi connectivity index (χ2n) is 3.72. The molecule has 3 aromatic rings. The Bertz CT molecular complexity index is 743. The van der Waals surface area contributed by atoms with Crippen LogP contribution in [0.2, 0.25) is 0 Å². The maximum atomic E-state index is 11.1. The van der Waals surface area contributed by atoms with Gasteiger partial charge in [0.05, 0.1) is 5.52 Å². The number of hydrogen-bond donors (Lipinski definition) is 2. The van der Waals surface area contributed by atoms with Gasteiger partial charge in [-0.3, -0.25) is 5.10 Å². The number of rotatable bonds is 3. The molecule has 0 spiro atoms. The maximum absolute atomic E-state index is 11.1. The van der Waals surface area contributed by atoms with Gasteiger partial charge >= 0.3 is 5.97 Å². The molecule has 0 saturated heterocycles. The van der Waals surface area contributed by atoms with Crippen LogP contribution in [0.4, 0.5) is 0 Å². The Balaban J connectivity index is 2.17. The second-order valence-corrected chi connectivity index (χ2v) is 4.75. The van der Waals surface area contributed by atoms with Gasteiger partial charge in [-0.05, 0) is 23.9 Å². The highest BCUT2D eigenvalue weighted by molar-refractivity contribution is 7.99. The average molecular weight is 272 g/mol. The van der Waals surface area contributed by atoms with Crippen molar-refractivity contribution in [3.05, 3.63) is 42.4 Å². The third kappa shape index (κ3) is 2.27. The van der Waals surface area contributed by atoms with Crippen molar-refractivity contribution >= 4 is 28.6 Å². The molecule has 3 rings (SSSR count). The number of fused-ring (bicyclic) bond motifs is 1. The second kappa shape index (κ2) is 4.69. The number of aromatic carboxylic acids is 1. The largest absolute Gasteiger partial charge is 0.477 e. The highest BCUT2D eigenvalue weighted by atomic mass is 32.2. The van der Waals surface area contributed by atoms with Gasteiger partial charge in [0.2, 0.25) is 0 Å². The molecule has 0 amide bonds. The van der Waals surface area contributed by atoms with Gasteiger partial charge in [0, 0.05) is 10.3 Å². The van der Waals surface area contributed by atoms with Crippen molar-refractivity contribution in [1.29, 1.82) is 0 Å². The molecule has 0 aliphatic carbocycles. The average Bonchev–Trinajstić information content (AvgIpc) is 2.91. The molecule has 0 atom stereocenters. The fourth-order valence-electron chi connectivity index (χ4n) is 1.69. The van der Waals surface area contributed by atoms with Crippen molar-refractivity contribution in [3.8, 4) is 0 Å². The Labute approximate surface area is 111 Å². The number of para-hydroxylation sites is 1. The normalized spacial score (nSPS) is 10.7. The van der Waals surface area contributed by atoms with Crippen LogP contribution in [0.3, 0.4) is 0 Å². The lowest BCUT2D eigenvalue weighted by Gasteiger charge is -2.05. The number of pyridine rings is 1. The van der Waals surface area contributed by atoms with Crippen LogP contribution in [0.15, 0.2) is 46.7 Å². The Kier molecular flexibility index (Phi) is 2.88. The molecule has 0 radical (unpaired) electrons. The van der Waals surface area contributed by atoms with Gasteiger partial charge in [-0.1, -0.05) is 18.2 Å². The monoisotopic (exact) mass is 272 g/mol. The minimum absolute atomic E-state index is 0.0146. The molecular weight excluding hydrogens is 264 g/mol. The van der Waals surface area contributed by atoms with E-state index in [1.807, 2.05) is 18.2 Å². The van der Waals surface area contributed by atoms with E-state index in [2.05, 4.69) is 20.2 Å². The van der Waals surface area contributed by atoms with E-state index < -0.39 is 5.97 Å². The van der Waals surface area contributed by atoms with Crippen LogP contribution in [-0.4, -0.2) is 31.2 Å². The SMILES string of the molecule is O=C(O)c1cc(Sc2ncn[nH]2)c2ccccc2n1. The molecule has 0 unspecified atom stereocenters. The molecule has 2 N–H and O–H groups in total. The van der Waals surface area contributed by atoms with E-state index in [0.29, 0.717) is 10.7 Å². The van der Waals surface area contributed by atoms with Crippen molar-refractivity contribution in [2.24, 2.45) is 0 Å². The van der Waals surface area contributed by atoms with Gasteiger partial charge in [-0.2, -0.15) is 5.10 Å². The van der Waals surface area contributed by atoms with Crippen molar-refractivity contribution in [2.45, 2.75) is 10.1 Å². The number of nitrogens with zero attached hydrogens (tertiary/aromatic N) is 3. The predicted molar refractivity (Wildman–Crippen MR) is 69.2 cm³/mol. The van der Waals surface area contributed by atoms with Crippen LogP contribution in [0, 0.1) is 0 Å². The molecule has 1 aromatic carbocycles. The van der Waals surface area contributed by atoms with Crippen LogP contribution >= 0.6 is 11.8 Å². The van der Waals surface area contributed by atoms with Gasteiger partial charge in [0.1, 0.15) is 12.0 Å². The standard InChI is InChI=1S/C12H8N4O2S/c17-11(18)9-5-10(19-12-13-6-14-16-12)7-3-1-2-4-8(7)15-9/h1-6H,(H,17,18)(H,13,14,16). The molecule has 0 saturated carbocycles. The maximum Gasteiger partial charge on any atom is 0.354 e. The number of carbonyl (C=O) groups is 1. The molecule has 7 heteroatoms. The van der Waals surface area contributed by atoms with E-state index in [1.54, 1.807) is 6.07 Å². The van der Waals surface area contributed by atoms with Crippen molar-refractivity contribution in [1.82, 2.24) is 20.2 Å². The number of aromatic nitrogens is 4. The summed E-state index contributed by atoms with van der Waals surface area (Å²) in [6.07, 6.45) is 1.41. The summed E-state index contributed by atoms with van der Waals surface area (Å²) >= 11 is 1.32. The van der Waals surface area contributed by atoms with Crippen LogP contribution in [0.25, 0.3) is 10.9 Å². The van der Waals surface area contributed by atoms with Gasteiger partial charge in [0.15, 0.2) is 5.16 Å². The predicted octanol–water partition coefficient (Wildman–Crippen LogP) is 2.20. The lowest BCUT2D eigenvalue weighted by molar-refractivity contribution is 0.0690. The van der Waals surface area contributed by atoms with Crippen LogP contribution in [-0.2, 0) is 0 Å². The highest BCUT2D eigenvalue weighted by Crippen LogP contribution is 2.31. The number of carboxylic acid groups (broad SMARTS) is 1. The quantitative estimate of drug-likeness (QED) is 0.759. The lowest BCUT2D eigenvalue weighted by atomic mass is 10.2. The lowest BCUT2D eigenvalue weighted by Crippen LogP contribution is -2.01.